The zero-order valence-corrected chi connectivity index (χ0v) is 24.6. The number of nitro benzene ring substituents is 1. The van der Waals surface area contributed by atoms with E-state index < -0.39 is 11.0 Å². The third-order valence-corrected chi connectivity index (χ3v) is 9.41. The lowest BCUT2D eigenvalue weighted by atomic mass is 9.83. The van der Waals surface area contributed by atoms with Crippen LogP contribution in [0.15, 0.2) is 92.6 Å². The second-order valence-electron chi connectivity index (χ2n) is 9.88. The molecule has 1 atom stereocenters. The number of allylic oxidation sites excluding steroid dienone is 1. The minimum Gasteiger partial charge on any atom is -0.457 e. The van der Waals surface area contributed by atoms with E-state index in [0.717, 1.165) is 35.2 Å². The minimum absolute atomic E-state index is 0.0595. The van der Waals surface area contributed by atoms with Crippen LogP contribution >= 0.6 is 46.1 Å². The Kier molecular flexibility index (Phi) is 6.66. The molecule has 0 bridgehead atoms. The summed E-state index contributed by atoms with van der Waals surface area (Å²) in [6, 6.07) is 21.4. The molecule has 1 aliphatic carbocycles. The number of hydrogen-bond acceptors (Lipinski definition) is 6. The smallest absolute Gasteiger partial charge is 0.289 e. The first kappa shape index (κ1) is 26.9. The van der Waals surface area contributed by atoms with Crippen molar-refractivity contribution >= 4 is 63.6 Å². The molecule has 7 nitrogen and oxygen atoms in total. The summed E-state index contributed by atoms with van der Waals surface area (Å²) >= 11 is 20.4. The first-order valence-corrected chi connectivity index (χ1v) is 14.9. The largest absolute Gasteiger partial charge is 0.457 e. The molecule has 2 aromatic heterocycles. The van der Waals surface area contributed by atoms with Gasteiger partial charge in [-0.05, 0) is 53.8 Å². The molecular weight excluding hydrogens is 617 g/mol. The molecule has 1 aliphatic heterocycles. The van der Waals surface area contributed by atoms with Crippen molar-refractivity contribution in [3.63, 3.8) is 0 Å². The van der Waals surface area contributed by atoms with Crippen molar-refractivity contribution in [1.82, 2.24) is 4.57 Å². The zero-order valence-electron chi connectivity index (χ0n) is 21.5. The fourth-order valence-corrected chi connectivity index (χ4v) is 7.27. The molecule has 1 unspecified atom stereocenters. The van der Waals surface area contributed by atoms with Gasteiger partial charge in [-0.2, -0.15) is 0 Å². The van der Waals surface area contributed by atoms with Crippen LogP contribution in [0.2, 0.25) is 15.1 Å². The summed E-state index contributed by atoms with van der Waals surface area (Å²) in [7, 11) is 0. The van der Waals surface area contributed by atoms with Crippen molar-refractivity contribution < 1.29 is 9.34 Å². The number of aromatic nitrogens is 1. The number of thiazole rings is 1. The van der Waals surface area contributed by atoms with Crippen molar-refractivity contribution in [3.05, 3.63) is 146 Å². The van der Waals surface area contributed by atoms with E-state index in [0.29, 0.717) is 31.4 Å². The molecule has 208 valence electrons. The van der Waals surface area contributed by atoms with Gasteiger partial charge in [-0.3, -0.25) is 19.5 Å². The van der Waals surface area contributed by atoms with Crippen molar-refractivity contribution in [2.24, 2.45) is 4.99 Å². The summed E-state index contributed by atoms with van der Waals surface area (Å²) < 4.78 is 8.16. The number of halogens is 3. The van der Waals surface area contributed by atoms with Crippen LogP contribution in [0.4, 0.5) is 5.69 Å². The zero-order chi connectivity index (χ0) is 29.1. The molecule has 0 radical (unpaired) electrons. The number of furan rings is 1. The Bertz CT molecular complexity index is 2160. The van der Waals surface area contributed by atoms with Crippen molar-refractivity contribution in [3.8, 4) is 11.3 Å². The molecule has 11 heteroatoms. The molecule has 0 saturated carbocycles. The van der Waals surface area contributed by atoms with Crippen LogP contribution in [0, 0.1) is 10.1 Å². The monoisotopic (exact) mass is 633 g/mol. The lowest BCUT2D eigenvalue weighted by Gasteiger charge is -2.31. The lowest BCUT2D eigenvalue weighted by molar-refractivity contribution is -0.384. The molecule has 0 fully saturated rings. The van der Waals surface area contributed by atoms with Gasteiger partial charge in [0.1, 0.15) is 16.5 Å². The van der Waals surface area contributed by atoms with Crippen LogP contribution in [0.3, 0.4) is 0 Å². The average Bonchev–Trinajstić information content (AvgIpc) is 3.57. The first-order chi connectivity index (χ1) is 20.3. The fourth-order valence-electron chi connectivity index (χ4n) is 5.57. The Hall–Kier alpha value is -3.95. The Labute approximate surface area is 257 Å². The predicted octanol–water partition coefficient (Wildman–Crippen LogP) is 7.45. The quantitative estimate of drug-likeness (QED) is 0.152. The standard InChI is InChI=1S/C31H18Cl3N3O4S/c32-22-8-4-3-7-19(22)29-20-11-9-16-5-1-2-6-18(16)28(20)35-31-36(29)30(38)27(42-31)13-17-10-12-26(41-17)21-14-24(34)25(37(39)40)15-23(21)33/h1-8,10,12-15,29H,9,11H2/b27-13-. The van der Waals surface area contributed by atoms with Gasteiger partial charge in [0.05, 0.1) is 26.2 Å². The van der Waals surface area contributed by atoms with Crippen molar-refractivity contribution in [1.29, 1.82) is 0 Å². The molecule has 42 heavy (non-hydrogen) atoms. The highest BCUT2D eigenvalue weighted by Crippen LogP contribution is 2.43. The van der Waals surface area contributed by atoms with Gasteiger partial charge in [0.25, 0.3) is 11.2 Å². The van der Waals surface area contributed by atoms with Crippen LogP contribution in [-0.4, -0.2) is 9.49 Å². The maximum Gasteiger partial charge on any atom is 0.289 e. The third-order valence-electron chi connectivity index (χ3n) is 7.47. The number of hydrogen-bond donors (Lipinski definition) is 0. The van der Waals surface area contributed by atoms with Crippen LogP contribution in [0.5, 0.6) is 0 Å². The van der Waals surface area contributed by atoms with E-state index >= 15 is 0 Å². The van der Waals surface area contributed by atoms with Gasteiger partial charge in [0.15, 0.2) is 4.80 Å². The SMILES string of the molecule is O=c1/c(=C/c2ccc(-c3cc(Cl)c([N+](=O)[O-])cc3Cl)o2)sc2n1C(c1ccccc1Cl)C1=C(N=2)c2ccccc2CC1. The highest BCUT2D eigenvalue weighted by atomic mass is 35.5. The number of nitro groups is 1. The number of aryl methyl sites for hydroxylation is 1. The predicted molar refractivity (Wildman–Crippen MR) is 165 cm³/mol. The summed E-state index contributed by atoms with van der Waals surface area (Å²) in [5.41, 5.74) is 5.00. The van der Waals surface area contributed by atoms with E-state index in [4.69, 9.17) is 44.2 Å². The molecular formula is C31H18Cl3N3O4S. The van der Waals surface area contributed by atoms with E-state index in [9.17, 15) is 14.9 Å². The van der Waals surface area contributed by atoms with Crippen LogP contribution in [0.1, 0.15) is 34.9 Å². The summed E-state index contributed by atoms with van der Waals surface area (Å²) in [5, 5.41) is 11.9. The summed E-state index contributed by atoms with van der Waals surface area (Å²) in [6.07, 6.45) is 3.27. The molecule has 0 saturated heterocycles. The second kappa shape index (κ2) is 10.4. The average molecular weight is 635 g/mol. The molecule has 3 aromatic carbocycles. The molecule has 0 N–H and O–H groups in total. The number of nitrogens with zero attached hydrogens (tertiary/aromatic N) is 3. The van der Waals surface area contributed by atoms with Crippen molar-refractivity contribution in [2.45, 2.75) is 18.9 Å². The molecule has 0 spiro atoms. The summed E-state index contributed by atoms with van der Waals surface area (Å²) in [5.74, 6) is 0.765. The molecule has 3 heterocycles. The van der Waals surface area contributed by atoms with Crippen LogP contribution < -0.4 is 14.9 Å². The van der Waals surface area contributed by atoms with Gasteiger partial charge < -0.3 is 4.42 Å². The highest BCUT2D eigenvalue weighted by Gasteiger charge is 2.33. The fraction of sp³-hybridized carbons (Fsp3) is 0.0968. The van der Waals surface area contributed by atoms with E-state index in [2.05, 4.69) is 12.1 Å². The molecule has 2 aliphatic rings. The van der Waals surface area contributed by atoms with E-state index in [1.54, 1.807) is 22.8 Å². The molecule has 0 amide bonds. The van der Waals surface area contributed by atoms with Gasteiger partial charge in [0.2, 0.25) is 0 Å². The van der Waals surface area contributed by atoms with E-state index in [1.807, 2.05) is 36.4 Å². The second-order valence-corrected chi connectivity index (χ2v) is 12.1. The Morgan fingerprint density at radius 2 is 1.74 bits per heavy atom. The first-order valence-electron chi connectivity index (χ1n) is 12.9. The summed E-state index contributed by atoms with van der Waals surface area (Å²) in [6.45, 7) is 0. The van der Waals surface area contributed by atoms with E-state index in [-0.39, 0.29) is 21.3 Å². The minimum atomic E-state index is -0.600. The van der Waals surface area contributed by atoms with Crippen molar-refractivity contribution in [2.75, 3.05) is 0 Å². The maximum atomic E-state index is 14.0. The van der Waals surface area contributed by atoms with Gasteiger partial charge in [0, 0.05) is 28.3 Å². The van der Waals surface area contributed by atoms with Gasteiger partial charge in [-0.25, -0.2) is 4.99 Å². The van der Waals surface area contributed by atoms with Gasteiger partial charge in [-0.1, -0.05) is 88.6 Å². The number of fused-ring (bicyclic) bond motifs is 3. The third kappa shape index (κ3) is 4.42. The molecule has 5 aromatic rings. The van der Waals surface area contributed by atoms with E-state index in [1.165, 1.54) is 29.0 Å². The van der Waals surface area contributed by atoms with Crippen LogP contribution in [-0.2, 0) is 6.42 Å². The Morgan fingerprint density at radius 3 is 2.55 bits per heavy atom. The number of rotatable bonds is 4. The summed E-state index contributed by atoms with van der Waals surface area (Å²) in [4.78, 5) is 30.2. The van der Waals surface area contributed by atoms with Gasteiger partial charge >= 0.3 is 0 Å². The van der Waals surface area contributed by atoms with Gasteiger partial charge in [-0.15, -0.1) is 0 Å². The topological polar surface area (TPSA) is 90.6 Å². The maximum absolute atomic E-state index is 14.0. The lowest BCUT2D eigenvalue weighted by Crippen LogP contribution is -2.38. The van der Waals surface area contributed by atoms with Crippen LogP contribution in [0.25, 0.3) is 23.1 Å². The molecule has 7 rings (SSSR count). The Morgan fingerprint density at radius 1 is 0.952 bits per heavy atom. The number of benzene rings is 3. The Balaban J connectivity index is 1.38. The highest BCUT2D eigenvalue weighted by molar-refractivity contribution is 7.07. The normalized spacial score (nSPS) is 16.1.